The van der Waals surface area contributed by atoms with E-state index < -0.39 is 0 Å². The van der Waals surface area contributed by atoms with Crippen molar-refractivity contribution in [2.75, 3.05) is 0 Å². The summed E-state index contributed by atoms with van der Waals surface area (Å²) in [6.07, 6.45) is 12.9. The first-order valence-electron chi connectivity index (χ1n) is 15.8. The fraction of sp³-hybridized carbons (Fsp3) is 0.400. The lowest BCUT2D eigenvalue weighted by Crippen LogP contribution is -2.24. The summed E-state index contributed by atoms with van der Waals surface area (Å²) in [6, 6.07) is 26.0. The summed E-state index contributed by atoms with van der Waals surface area (Å²) < 4.78 is 0. The minimum Gasteiger partial charge on any atom is -0.0805 e. The zero-order valence-electron chi connectivity index (χ0n) is 24.4. The van der Waals surface area contributed by atoms with E-state index in [1.807, 2.05) is 0 Å². The van der Waals surface area contributed by atoms with Gasteiger partial charge in [-0.1, -0.05) is 113 Å². The number of fused-ring (bicyclic) bond motifs is 12. The van der Waals surface area contributed by atoms with E-state index in [9.17, 15) is 0 Å². The van der Waals surface area contributed by atoms with Crippen molar-refractivity contribution in [1.29, 1.82) is 0 Å². The normalized spacial score (nSPS) is 32.0. The van der Waals surface area contributed by atoms with Crippen molar-refractivity contribution in [3.05, 3.63) is 102 Å². The van der Waals surface area contributed by atoms with E-state index in [1.165, 1.54) is 63.9 Å². The van der Waals surface area contributed by atoms with Crippen LogP contribution in [0.2, 0.25) is 0 Å². The third-order valence-electron chi connectivity index (χ3n) is 12.9. The fourth-order valence-corrected chi connectivity index (χ4v) is 11.2. The van der Waals surface area contributed by atoms with Gasteiger partial charge in [-0.2, -0.15) is 0 Å². The lowest BCUT2D eigenvalue weighted by atomic mass is 9.69. The highest BCUT2D eigenvalue weighted by atomic mass is 14.6. The Kier molecular flexibility index (Phi) is 4.59. The molecule has 0 amide bonds. The molecule has 0 aliphatic heterocycles. The van der Waals surface area contributed by atoms with Crippen LogP contribution >= 0.6 is 0 Å². The van der Waals surface area contributed by atoms with E-state index in [4.69, 9.17) is 0 Å². The molecule has 0 heteroatoms. The molecular weight excluding hydrogens is 480 g/mol. The maximum absolute atomic E-state index is 2.56. The molecule has 0 spiro atoms. The van der Waals surface area contributed by atoms with Gasteiger partial charge in [-0.3, -0.25) is 0 Å². The van der Waals surface area contributed by atoms with E-state index in [0.29, 0.717) is 34.5 Å². The zero-order chi connectivity index (χ0) is 27.0. The SMILES string of the molecule is CC1(C)C2CCC1c1c(-c3c4ccccc4c(C4=CC=CC5C4C4CCC5C4(C)C)c4ccccc34)cccc12. The van der Waals surface area contributed by atoms with Gasteiger partial charge in [-0.05, 0) is 127 Å². The Hall–Kier alpha value is -3.12. The number of rotatable bonds is 2. The second-order valence-electron chi connectivity index (χ2n) is 14.9. The molecule has 0 saturated heterocycles. The molecule has 0 N–H and O–H groups in total. The van der Waals surface area contributed by atoms with E-state index in [2.05, 4.69) is 113 Å². The van der Waals surface area contributed by atoms with Crippen molar-refractivity contribution in [3.63, 3.8) is 0 Å². The van der Waals surface area contributed by atoms with Gasteiger partial charge in [-0.15, -0.1) is 0 Å². The second kappa shape index (κ2) is 7.79. The quantitative estimate of drug-likeness (QED) is 0.231. The minimum atomic E-state index is 0.354. The fourth-order valence-electron chi connectivity index (χ4n) is 11.2. The summed E-state index contributed by atoms with van der Waals surface area (Å²) in [5.74, 6) is 4.25. The second-order valence-corrected chi connectivity index (χ2v) is 14.9. The van der Waals surface area contributed by atoms with Gasteiger partial charge in [0.2, 0.25) is 0 Å². The molecule has 4 aromatic carbocycles. The largest absolute Gasteiger partial charge is 0.0805 e. The summed E-state index contributed by atoms with van der Waals surface area (Å²) >= 11 is 0. The Labute approximate surface area is 239 Å². The molecule has 6 atom stereocenters. The Morgan fingerprint density at radius 1 is 0.600 bits per heavy atom. The molecule has 6 unspecified atom stereocenters. The third kappa shape index (κ3) is 2.74. The van der Waals surface area contributed by atoms with Gasteiger partial charge in [0.05, 0.1) is 0 Å². The average Bonchev–Trinajstić information content (AvgIpc) is 3.59. The molecule has 0 aromatic heterocycles. The summed E-state index contributed by atoms with van der Waals surface area (Å²) in [5.41, 5.74) is 10.1. The van der Waals surface area contributed by atoms with Crippen LogP contribution in [0.25, 0.3) is 38.2 Å². The van der Waals surface area contributed by atoms with Gasteiger partial charge in [0.15, 0.2) is 0 Å². The number of allylic oxidation sites excluding steroid dienone is 4. The highest BCUT2D eigenvalue weighted by molar-refractivity contribution is 6.19. The van der Waals surface area contributed by atoms with E-state index in [1.54, 1.807) is 16.7 Å². The summed E-state index contributed by atoms with van der Waals surface area (Å²) in [4.78, 5) is 0. The molecule has 0 heterocycles. The standard InChI is InChI=1S/C40H40/c1-39(2)31-19-21-33(39)37-27(31)15-9-17-29(37)35-23-11-5-7-13-25(23)36(26-14-8-6-12-24(26)35)30-18-10-16-28-32-20-22-34(38(28)30)40(32,3)4/h5-18,27,31-34,37H,19-22H2,1-4H3. The van der Waals surface area contributed by atoms with E-state index in [0.717, 1.165) is 11.8 Å². The number of hydrogen-bond acceptors (Lipinski definition) is 0. The predicted octanol–water partition coefficient (Wildman–Crippen LogP) is 10.9. The van der Waals surface area contributed by atoms with E-state index in [-0.39, 0.29) is 0 Å². The highest BCUT2D eigenvalue weighted by Gasteiger charge is 2.59. The molecule has 3 fully saturated rings. The molecule has 5 aliphatic rings. The maximum atomic E-state index is 2.56. The van der Waals surface area contributed by atoms with Gasteiger partial charge < -0.3 is 0 Å². The monoisotopic (exact) mass is 520 g/mol. The first-order chi connectivity index (χ1) is 19.4. The van der Waals surface area contributed by atoms with Crippen molar-refractivity contribution in [2.45, 2.75) is 65.2 Å². The van der Waals surface area contributed by atoms with Crippen molar-refractivity contribution in [1.82, 2.24) is 0 Å². The summed E-state index contributed by atoms with van der Waals surface area (Å²) in [5, 5.41) is 5.74. The zero-order valence-corrected chi connectivity index (χ0v) is 24.4. The molecule has 9 rings (SSSR count). The average molecular weight is 521 g/mol. The van der Waals surface area contributed by atoms with Crippen LogP contribution in [0.4, 0.5) is 0 Å². The number of benzene rings is 4. The molecule has 4 bridgehead atoms. The topological polar surface area (TPSA) is 0 Å². The Morgan fingerprint density at radius 3 is 1.93 bits per heavy atom. The van der Waals surface area contributed by atoms with Crippen molar-refractivity contribution in [3.8, 4) is 11.1 Å². The Bertz CT molecular complexity index is 1740. The number of hydrogen-bond donors (Lipinski definition) is 0. The van der Waals surface area contributed by atoms with Gasteiger partial charge >= 0.3 is 0 Å². The molecule has 3 saturated carbocycles. The van der Waals surface area contributed by atoms with Gasteiger partial charge in [0, 0.05) is 0 Å². The minimum absolute atomic E-state index is 0.354. The molecule has 0 nitrogen and oxygen atoms in total. The van der Waals surface area contributed by atoms with Crippen LogP contribution in [0, 0.1) is 34.5 Å². The predicted molar refractivity (Wildman–Crippen MR) is 169 cm³/mol. The maximum Gasteiger partial charge on any atom is -0.00234 e. The highest BCUT2D eigenvalue weighted by Crippen LogP contribution is 2.68. The summed E-state index contributed by atoms with van der Waals surface area (Å²) in [7, 11) is 0. The smallest absolute Gasteiger partial charge is 0.00234 e. The third-order valence-corrected chi connectivity index (χ3v) is 12.9. The van der Waals surface area contributed by atoms with Crippen LogP contribution < -0.4 is 0 Å². The Morgan fingerprint density at radius 2 is 1.23 bits per heavy atom. The molecule has 4 aromatic rings. The van der Waals surface area contributed by atoms with Gasteiger partial charge in [0.1, 0.15) is 0 Å². The van der Waals surface area contributed by atoms with Crippen LogP contribution in [0.5, 0.6) is 0 Å². The van der Waals surface area contributed by atoms with Crippen molar-refractivity contribution < 1.29 is 0 Å². The molecule has 200 valence electrons. The van der Waals surface area contributed by atoms with Crippen LogP contribution in [0.1, 0.15) is 81.9 Å². The van der Waals surface area contributed by atoms with Crippen molar-refractivity contribution >= 4 is 27.1 Å². The first kappa shape index (κ1) is 23.6. The van der Waals surface area contributed by atoms with E-state index >= 15 is 0 Å². The summed E-state index contributed by atoms with van der Waals surface area (Å²) in [6.45, 7) is 10.2. The van der Waals surface area contributed by atoms with Crippen LogP contribution in [-0.4, -0.2) is 0 Å². The lowest BCUT2D eigenvalue weighted by Gasteiger charge is -2.35. The molecular formula is C40H40. The molecule has 40 heavy (non-hydrogen) atoms. The Balaban J connectivity index is 1.34. The van der Waals surface area contributed by atoms with Gasteiger partial charge in [-0.25, -0.2) is 0 Å². The molecule has 5 aliphatic carbocycles. The van der Waals surface area contributed by atoms with Crippen LogP contribution in [-0.2, 0) is 0 Å². The lowest BCUT2D eigenvalue weighted by molar-refractivity contribution is 0.246. The van der Waals surface area contributed by atoms with Crippen molar-refractivity contribution in [2.24, 2.45) is 34.5 Å². The first-order valence-corrected chi connectivity index (χ1v) is 15.8. The molecule has 0 radical (unpaired) electrons. The van der Waals surface area contributed by atoms with Gasteiger partial charge in [0.25, 0.3) is 0 Å². The van der Waals surface area contributed by atoms with Crippen LogP contribution in [0.15, 0.2) is 85.0 Å². The van der Waals surface area contributed by atoms with Crippen LogP contribution in [0.3, 0.4) is 0 Å².